The average Bonchev–Trinajstić information content (AvgIpc) is 3.07. The van der Waals surface area contributed by atoms with Gasteiger partial charge in [-0.15, -0.1) is 11.3 Å². The first kappa shape index (κ1) is 15.0. The SMILES string of the molecule is COC(=O)C1CN(C(=O)CCCc2cccs2)CC1C. The lowest BCUT2D eigenvalue weighted by atomic mass is 9.99. The van der Waals surface area contributed by atoms with E-state index < -0.39 is 0 Å². The van der Waals surface area contributed by atoms with E-state index in [1.165, 1.54) is 12.0 Å². The molecule has 2 heterocycles. The van der Waals surface area contributed by atoms with Crippen LogP contribution >= 0.6 is 11.3 Å². The Morgan fingerprint density at radius 1 is 1.45 bits per heavy atom. The maximum atomic E-state index is 12.2. The predicted octanol–water partition coefficient (Wildman–Crippen LogP) is 2.34. The fourth-order valence-electron chi connectivity index (χ4n) is 2.66. The third kappa shape index (κ3) is 3.60. The summed E-state index contributed by atoms with van der Waals surface area (Å²) in [6, 6.07) is 4.13. The highest BCUT2D eigenvalue weighted by Gasteiger charge is 2.37. The maximum Gasteiger partial charge on any atom is 0.310 e. The maximum absolute atomic E-state index is 12.2. The fourth-order valence-corrected chi connectivity index (χ4v) is 3.41. The number of hydrogen-bond acceptors (Lipinski definition) is 4. The highest BCUT2D eigenvalue weighted by Crippen LogP contribution is 2.25. The number of hydrogen-bond donors (Lipinski definition) is 0. The van der Waals surface area contributed by atoms with Crippen molar-refractivity contribution >= 4 is 23.2 Å². The minimum Gasteiger partial charge on any atom is -0.469 e. The van der Waals surface area contributed by atoms with E-state index in [0.29, 0.717) is 19.5 Å². The Morgan fingerprint density at radius 3 is 2.90 bits per heavy atom. The van der Waals surface area contributed by atoms with E-state index in [1.54, 1.807) is 16.2 Å². The van der Waals surface area contributed by atoms with E-state index in [2.05, 4.69) is 11.4 Å². The minimum atomic E-state index is -0.202. The van der Waals surface area contributed by atoms with E-state index >= 15 is 0 Å². The van der Waals surface area contributed by atoms with Crippen LogP contribution in [0.3, 0.4) is 0 Å². The molecular weight excluding hydrogens is 274 g/mol. The Kier molecular flexibility index (Phi) is 5.17. The van der Waals surface area contributed by atoms with Crippen molar-refractivity contribution in [3.63, 3.8) is 0 Å². The topological polar surface area (TPSA) is 46.6 Å². The first-order chi connectivity index (χ1) is 9.61. The van der Waals surface area contributed by atoms with Crippen molar-refractivity contribution in [1.29, 1.82) is 0 Å². The van der Waals surface area contributed by atoms with Gasteiger partial charge in [-0.05, 0) is 30.2 Å². The van der Waals surface area contributed by atoms with Gasteiger partial charge < -0.3 is 9.64 Å². The number of thiophene rings is 1. The number of esters is 1. The van der Waals surface area contributed by atoms with Crippen LogP contribution in [-0.4, -0.2) is 37.0 Å². The average molecular weight is 295 g/mol. The summed E-state index contributed by atoms with van der Waals surface area (Å²) in [4.78, 5) is 26.9. The molecular formula is C15H21NO3S. The van der Waals surface area contributed by atoms with Crippen molar-refractivity contribution in [1.82, 2.24) is 4.90 Å². The van der Waals surface area contributed by atoms with E-state index in [-0.39, 0.29) is 23.7 Å². The van der Waals surface area contributed by atoms with Crippen LogP contribution in [0.15, 0.2) is 17.5 Å². The molecule has 5 heteroatoms. The molecule has 0 aliphatic carbocycles. The number of rotatable bonds is 5. The van der Waals surface area contributed by atoms with Crippen LogP contribution in [0.25, 0.3) is 0 Å². The van der Waals surface area contributed by atoms with E-state index in [0.717, 1.165) is 12.8 Å². The summed E-state index contributed by atoms with van der Waals surface area (Å²) in [5.41, 5.74) is 0. The first-order valence-electron chi connectivity index (χ1n) is 6.99. The molecule has 20 heavy (non-hydrogen) atoms. The smallest absolute Gasteiger partial charge is 0.310 e. The van der Waals surface area contributed by atoms with Gasteiger partial charge in [0.05, 0.1) is 13.0 Å². The standard InChI is InChI=1S/C15H21NO3S/c1-11-9-16(10-13(11)15(18)19-2)14(17)7-3-5-12-6-4-8-20-12/h4,6,8,11,13H,3,5,7,9-10H2,1-2H3. The molecule has 1 aromatic rings. The van der Waals surface area contributed by atoms with Gasteiger partial charge in [-0.1, -0.05) is 13.0 Å². The zero-order chi connectivity index (χ0) is 14.5. The quantitative estimate of drug-likeness (QED) is 0.783. The van der Waals surface area contributed by atoms with Crippen LogP contribution in [0.4, 0.5) is 0 Å². The van der Waals surface area contributed by atoms with Crippen molar-refractivity contribution < 1.29 is 14.3 Å². The van der Waals surface area contributed by atoms with Crippen LogP contribution in [0, 0.1) is 11.8 Å². The highest BCUT2D eigenvalue weighted by molar-refractivity contribution is 7.09. The number of aryl methyl sites for hydroxylation is 1. The third-order valence-electron chi connectivity index (χ3n) is 3.86. The number of amides is 1. The molecule has 110 valence electrons. The molecule has 0 bridgehead atoms. The van der Waals surface area contributed by atoms with Crippen LogP contribution in [0.2, 0.25) is 0 Å². The molecule has 2 atom stereocenters. The normalized spacial score (nSPS) is 22.0. The summed E-state index contributed by atoms with van der Waals surface area (Å²) in [7, 11) is 1.40. The Labute approximate surface area is 123 Å². The van der Waals surface area contributed by atoms with Gasteiger partial charge in [0.25, 0.3) is 0 Å². The zero-order valence-electron chi connectivity index (χ0n) is 12.0. The zero-order valence-corrected chi connectivity index (χ0v) is 12.8. The molecule has 1 fully saturated rings. The lowest BCUT2D eigenvalue weighted by molar-refractivity contribution is -0.146. The second-order valence-electron chi connectivity index (χ2n) is 5.34. The molecule has 0 radical (unpaired) electrons. The molecule has 0 saturated carbocycles. The van der Waals surface area contributed by atoms with Crippen LogP contribution in [0.1, 0.15) is 24.6 Å². The predicted molar refractivity (Wildman–Crippen MR) is 78.5 cm³/mol. The number of likely N-dealkylation sites (tertiary alicyclic amines) is 1. The van der Waals surface area contributed by atoms with Gasteiger partial charge in [-0.3, -0.25) is 9.59 Å². The molecule has 0 spiro atoms. The Bertz CT molecular complexity index is 458. The summed E-state index contributed by atoms with van der Waals surface area (Å²) in [5, 5.41) is 2.06. The Morgan fingerprint density at radius 2 is 2.25 bits per heavy atom. The number of carbonyl (C=O) groups is 2. The van der Waals surface area contributed by atoms with Gasteiger partial charge in [-0.2, -0.15) is 0 Å². The molecule has 1 aromatic heterocycles. The summed E-state index contributed by atoms with van der Waals surface area (Å²) in [5.74, 6) is -0.0314. The molecule has 2 unspecified atom stereocenters. The van der Waals surface area contributed by atoms with E-state index in [1.807, 2.05) is 13.0 Å². The van der Waals surface area contributed by atoms with Crippen molar-refractivity contribution in [3.8, 4) is 0 Å². The Balaban J connectivity index is 1.77. The second-order valence-corrected chi connectivity index (χ2v) is 6.37. The largest absolute Gasteiger partial charge is 0.469 e. The van der Waals surface area contributed by atoms with Crippen molar-refractivity contribution in [2.45, 2.75) is 26.2 Å². The Hall–Kier alpha value is -1.36. The molecule has 0 N–H and O–H groups in total. The van der Waals surface area contributed by atoms with Crippen LogP contribution in [0.5, 0.6) is 0 Å². The van der Waals surface area contributed by atoms with Gasteiger partial charge in [0.1, 0.15) is 0 Å². The van der Waals surface area contributed by atoms with Gasteiger partial charge in [0.15, 0.2) is 0 Å². The molecule has 1 saturated heterocycles. The molecule has 4 nitrogen and oxygen atoms in total. The number of carbonyl (C=O) groups excluding carboxylic acids is 2. The fraction of sp³-hybridized carbons (Fsp3) is 0.600. The minimum absolute atomic E-state index is 0.153. The lowest BCUT2D eigenvalue weighted by Gasteiger charge is -2.15. The van der Waals surface area contributed by atoms with Gasteiger partial charge in [-0.25, -0.2) is 0 Å². The second kappa shape index (κ2) is 6.88. The molecule has 1 aliphatic heterocycles. The van der Waals surface area contributed by atoms with Crippen molar-refractivity contribution in [2.75, 3.05) is 20.2 Å². The van der Waals surface area contributed by atoms with Crippen LogP contribution in [-0.2, 0) is 20.7 Å². The van der Waals surface area contributed by atoms with Crippen molar-refractivity contribution in [2.24, 2.45) is 11.8 Å². The molecule has 1 aliphatic rings. The lowest BCUT2D eigenvalue weighted by Crippen LogP contribution is -2.30. The van der Waals surface area contributed by atoms with Crippen LogP contribution < -0.4 is 0 Å². The van der Waals surface area contributed by atoms with Crippen molar-refractivity contribution in [3.05, 3.63) is 22.4 Å². The molecule has 1 amide bonds. The highest BCUT2D eigenvalue weighted by atomic mass is 32.1. The van der Waals surface area contributed by atoms with Gasteiger partial charge in [0, 0.05) is 24.4 Å². The third-order valence-corrected chi connectivity index (χ3v) is 4.80. The monoisotopic (exact) mass is 295 g/mol. The first-order valence-corrected chi connectivity index (χ1v) is 7.87. The summed E-state index contributed by atoms with van der Waals surface area (Å²) in [6.45, 7) is 3.17. The molecule has 2 rings (SSSR count). The number of ether oxygens (including phenoxy) is 1. The number of nitrogens with zero attached hydrogens (tertiary/aromatic N) is 1. The number of methoxy groups -OCH3 is 1. The summed E-state index contributed by atoms with van der Waals surface area (Å²) < 4.78 is 4.79. The molecule has 0 aromatic carbocycles. The van der Waals surface area contributed by atoms with Gasteiger partial charge >= 0.3 is 5.97 Å². The van der Waals surface area contributed by atoms with E-state index in [9.17, 15) is 9.59 Å². The summed E-state index contributed by atoms with van der Waals surface area (Å²) in [6.07, 6.45) is 2.37. The summed E-state index contributed by atoms with van der Waals surface area (Å²) >= 11 is 1.73. The van der Waals surface area contributed by atoms with Gasteiger partial charge in [0.2, 0.25) is 5.91 Å². The van der Waals surface area contributed by atoms with E-state index in [4.69, 9.17) is 4.74 Å².